The van der Waals surface area contributed by atoms with Crippen LogP contribution in [0.2, 0.25) is 0 Å². The van der Waals surface area contributed by atoms with E-state index in [9.17, 15) is 9.59 Å². The van der Waals surface area contributed by atoms with Crippen LogP contribution in [0.25, 0.3) is 10.2 Å². The predicted octanol–water partition coefficient (Wildman–Crippen LogP) is 2.61. The van der Waals surface area contributed by atoms with E-state index in [1.807, 2.05) is 13.8 Å². The molecule has 0 saturated heterocycles. The number of nitrogens with zero attached hydrogens (tertiary/aromatic N) is 2. The topological polar surface area (TPSA) is 89.4 Å². The third kappa shape index (κ3) is 2.14. The van der Waals surface area contributed by atoms with Crippen molar-refractivity contribution in [1.29, 1.82) is 0 Å². The molecule has 0 bridgehead atoms. The van der Waals surface area contributed by atoms with Crippen LogP contribution in [-0.2, 0) is 4.74 Å². The molecule has 20 heavy (non-hydrogen) atoms. The molecule has 0 spiro atoms. The summed E-state index contributed by atoms with van der Waals surface area (Å²) in [5.74, 6) is -1.63. The number of carboxylic acids is 1. The number of methoxy groups -OCH3 is 1. The first-order valence-corrected chi connectivity index (χ1v) is 6.77. The van der Waals surface area contributed by atoms with Gasteiger partial charge in [0.1, 0.15) is 4.83 Å². The summed E-state index contributed by atoms with van der Waals surface area (Å²) in [6, 6.07) is 0. The maximum absolute atomic E-state index is 12.0. The smallest absolute Gasteiger partial charge is 0.356 e. The highest BCUT2D eigenvalue weighted by Gasteiger charge is 2.25. The van der Waals surface area contributed by atoms with Crippen molar-refractivity contribution in [3.8, 4) is 0 Å². The molecule has 0 amide bonds. The molecule has 0 fully saturated rings. The van der Waals surface area contributed by atoms with Gasteiger partial charge in [-0.1, -0.05) is 13.8 Å². The first-order chi connectivity index (χ1) is 9.38. The summed E-state index contributed by atoms with van der Waals surface area (Å²) >= 11 is 1.02. The number of carbonyl (C=O) groups is 2. The highest BCUT2D eigenvalue weighted by Crippen LogP contribution is 2.31. The summed E-state index contributed by atoms with van der Waals surface area (Å²) in [5.41, 5.74) is 1.41. The van der Waals surface area contributed by atoms with Crippen molar-refractivity contribution in [1.82, 2.24) is 9.36 Å². The van der Waals surface area contributed by atoms with Crippen molar-refractivity contribution in [2.45, 2.75) is 26.7 Å². The van der Waals surface area contributed by atoms with Crippen LogP contribution in [0.15, 0.2) is 0 Å². The van der Waals surface area contributed by atoms with Crippen LogP contribution >= 0.6 is 11.5 Å². The number of fused-ring (bicyclic) bond motifs is 1. The Kier molecular flexibility index (Phi) is 3.71. The minimum atomic E-state index is -1.13. The summed E-state index contributed by atoms with van der Waals surface area (Å²) in [7, 11) is 1.29. The third-order valence-electron chi connectivity index (χ3n) is 3.04. The highest BCUT2D eigenvalue weighted by atomic mass is 32.1. The van der Waals surface area contributed by atoms with Crippen LogP contribution in [0.4, 0.5) is 0 Å². The second-order valence-electron chi connectivity index (χ2n) is 4.66. The Labute approximate surface area is 119 Å². The number of aromatic nitrogens is 2. The summed E-state index contributed by atoms with van der Waals surface area (Å²) in [6.45, 7) is 5.53. The van der Waals surface area contributed by atoms with E-state index in [1.54, 1.807) is 6.92 Å². The van der Waals surface area contributed by atoms with Gasteiger partial charge in [-0.05, 0) is 29.9 Å². The van der Waals surface area contributed by atoms with Crippen molar-refractivity contribution in [2.24, 2.45) is 0 Å². The number of esters is 1. The SMILES string of the molecule is COC(=O)c1c(C(C)C)nc2snc(C(=O)O)c2c1C. The van der Waals surface area contributed by atoms with Crippen molar-refractivity contribution < 1.29 is 19.4 Å². The van der Waals surface area contributed by atoms with E-state index >= 15 is 0 Å². The van der Waals surface area contributed by atoms with Crippen LogP contribution in [0.3, 0.4) is 0 Å². The molecule has 2 rings (SSSR count). The monoisotopic (exact) mass is 294 g/mol. The van der Waals surface area contributed by atoms with Gasteiger partial charge in [0.25, 0.3) is 0 Å². The van der Waals surface area contributed by atoms with Crippen LogP contribution in [0.1, 0.15) is 51.9 Å². The molecule has 2 aromatic heterocycles. The lowest BCUT2D eigenvalue weighted by molar-refractivity contribution is 0.0596. The Morgan fingerprint density at radius 3 is 2.50 bits per heavy atom. The number of aryl methyl sites for hydroxylation is 1. The zero-order valence-electron chi connectivity index (χ0n) is 11.6. The van der Waals surface area contributed by atoms with Crippen molar-refractivity contribution in [3.63, 3.8) is 0 Å². The molecule has 7 heteroatoms. The minimum absolute atomic E-state index is 0.0163. The van der Waals surface area contributed by atoms with Gasteiger partial charge < -0.3 is 9.84 Å². The largest absolute Gasteiger partial charge is 0.476 e. The predicted molar refractivity (Wildman–Crippen MR) is 74.5 cm³/mol. The van der Waals surface area contributed by atoms with Crippen molar-refractivity contribution >= 4 is 33.7 Å². The maximum Gasteiger partial charge on any atom is 0.356 e. The van der Waals surface area contributed by atoms with Crippen LogP contribution in [0, 0.1) is 6.92 Å². The van der Waals surface area contributed by atoms with E-state index < -0.39 is 11.9 Å². The lowest BCUT2D eigenvalue weighted by Gasteiger charge is -2.13. The molecule has 6 nitrogen and oxygen atoms in total. The highest BCUT2D eigenvalue weighted by molar-refractivity contribution is 7.13. The molecule has 0 unspecified atom stereocenters. The number of hydrogen-bond donors (Lipinski definition) is 1. The van der Waals surface area contributed by atoms with E-state index in [2.05, 4.69) is 9.36 Å². The van der Waals surface area contributed by atoms with Gasteiger partial charge in [0.05, 0.1) is 23.8 Å². The minimum Gasteiger partial charge on any atom is -0.476 e. The Bertz CT molecular complexity index is 706. The number of rotatable bonds is 3. The van der Waals surface area contributed by atoms with Gasteiger partial charge in [0.15, 0.2) is 5.69 Å². The fourth-order valence-corrected chi connectivity index (χ4v) is 2.93. The van der Waals surface area contributed by atoms with E-state index in [1.165, 1.54) is 7.11 Å². The number of aromatic carboxylic acids is 1. The zero-order chi connectivity index (χ0) is 15.0. The average molecular weight is 294 g/mol. The fourth-order valence-electron chi connectivity index (χ4n) is 2.10. The number of pyridine rings is 1. The van der Waals surface area contributed by atoms with Gasteiger partial charge in [-0.2, -0.15) is 4.37 Å². The molecule has 0 radical (unpaired) electrons. The van der Waals surface area contributed by atoms with E-state index in [0.29, 0.717) is 27.0 Å². The van der Waals surface area contributed by atoms with Crippen LogP contribution in [0.5, 0.6) is 0 Å². The van der Waals surface area contributed by atoms with E-state index in [0.717, 1.165) is 11.5 Å². The first kappa shape index (κ1) is 14.4. The molecule has 0 aromatic carbocycles. The molecule has 0 aliphatic heterocycles. The number of carboxylic acid groups (broad SMARTS) is 1. The van der Waals surface area contributed by atoms with Crippen molar-refractivity contribution in [3.05, 3.63) is 22.5 Å². The molecule has 1 N–H and O–H groups in total. The second kappa shape index (κ2) is 5.16. The molecule has 2 aromatic rings. The molecule has 2 heterocycles. The number of ether oxygens (including phenoxy) is 1. The molecular formula is C13H14N2O4S. The summed E-state index contributed by atoms with van der Waals surface area (Å²) in [5, 5.41) is 9.57. The Morgan fingerprint density at radius 2 is 2.00 bits per heavy atom. The van der Waals surface area contributed by atoms with Crippen LogP contribution < -0.4 is 0 Å². The lowest BCUT2D eigenvalue weighted by atomic mass is 9.97. The Morgan fingerprint density at radius 1 is 1.35 bits per heavy atom. The summed E-state index contributed by atoms with van der Waals surface area (Å²) in [6.07, 6.45) is 0. The summed E-state index contributed by atoms with van der Waals surface area (Å²) < 4.78 is 8.70. The van der Waals surface area contributed by atoms with Gasteiger partial charge in [-0.15, -0.1) is 0 Å². The molecule has 0 saturated carbocycles. The van der Waals surface area contributed by atoms with Gasteiger partial charge in [-0.25, -0.2) is 14.6 Å². The van der Waals surface area contributed by atoms with E-state index in [-0.39, 0.29) is 11.6 Å². The molecule has 0 aliphatic carbocycles. The number of hydrogen-bond acceptors (Lipinski definition) is 6. The first-order valence-electron chi connectivity index (χ1n) is 6.00. The second-order valence-corrected chi connectivity index (χ2v) is 5.41. The quantitative estimate of drug-likeness (QED) is 0.875. The lowest BCUT2D eigenvalue weighted by Crippen LogP contribution is -2.12. The Balaban J connectivity index is 2.89. The molecule has 0 atom stereocenters. The maximum atomic E-state index is 12.0. The van der Waals surface area contributed by atoms with Gasteiger partial charge in [0.2, 0.25) is 0 Å². The average Bonchev–Trinajstić information content (AvgIpc) is 2.81. The zero-order valence-corrected chi connectivity index (χ0v) is 12.4. The van der Waals surface area contributed by atoms with Crippen LogP contribution in [-0.4, -0.2) is 33.5 Å². The standard InChI is InChI=1S/C13H14N2O4S/c1-5(2)9-8(13(18)19-4)6(3)7-10(12(16)17)15-20-11(7)14-9/h5H,1-4H3,(H,16,17). The van der Waals surface area contributed by atoms with Crippen molar-refractivity contribution in [2.75, 3.05) is 7.11 Å². The normalized spacial score (nSPS) is 11.1. The molecular weight excluding hydrogens is 280 g/mol. The van der Waals surface area contributed by atoms with E-state index in [4.69, 9.17) is 9.84 Å². The fraction of sp³-hybridized carbons (Fsp3) is 0.385. The number of carbonyl (C=O) groups excluding carboxylic acids is 1. The third-order valence-corrected chi connectivity index (χ3v) is 3.78. The van der Waals surface area contributed by atoms with Gasteiger partial charge in [-0.3, -0.25) is 0 Å². The van der Waals surface area contributed by atoms with Gasteiger partial charge in [0, 0.05) is 0 Å². The summed E-state index contributed by atoms with van der Waals surface area (Å²) in [4.78, 5) is 28.1. The molecule has 106 valence electrons. The Hall–Kier alpha value is -2.02. The molecule has 0 aliphatic rings. The van der Waals surface area contributed by atoms with Gasteiger partial charge >= 0.3 is 11.9 Å².